The van der Waals surface area contributed by atoms with Crippen molar-refractivity contribution in [3.05, 3.63) is 33.5 Å². The van der Waals surface area contributed by atoms with Gasteiger partial charge in [-0.2, -0.15) is 0 Å². The lowest BCUT2D eigenvalue weighted by molar-refractivity contribution is 0.571. The number of nitrogens with one attached hydrogen (secondary N) is 1. The summed E-state index contributed by atoms with van der Waals surface area (Å²) >= 11 is 5.17. The van der Waals surface area contributed by atoms with E-state index in [0.717, 1.165) is 25.9 Å². The predicted octanol–water partition coefficient (Wildman–Crippen LogP) is 3.77. The summed E-state index contributed by atoms with van der Waals surface area (Å²) in [5.74, 6) is 0.850. The summed E-state index contributed by atoms with van der Waals surface area (Å²) in [5.41, 5.74) is 2.00. The molecule has 96 valence electrons. The molecule has 0 spiro atoms. The Labute approximate surface area is 120 Å². The molecule has 18 heavy (non-hydrogen) atoms. The molecule has 0 aliphatic rings. The van der Waals surface area contributed by atoms with Gasteiger partial charge in [-0.25, -0.2) is 9.97 Å². The molecule has 0 saturated carbocycles. The van der Waals surface area contributed by atoms with Crippen LogP contribution in [0.5, 0.6) is 0 Å². The lowest BCUT2D eigenvalue weighted by atomic mass is 10.3. The van der Waals surface area contributed by atoms with Crippen LogP contribution in [-0.2, 0) is 6.54 Å². The molecule has 2 aromatic heterocycles. The zero-order valence-electron chi connectivity index (χ0n) is 10.7. The Kier molecular flexibility index (Phi) is 4.48. The largest absolute Gasteiger partial charge is 0.308 e. The highest BCUT2D eigenvalue weighted by molar-refractivity contribution is 9.11. The van der Waals surface area contributed by atoms with E-state index in [4.69, 9.17) is 0 Å². The van der Waals surface area contributed by atoms with Gasteiger partial charge in [0.25, 0.3) is 0 Å². The first-order valence-corrected chi connectivity index (χ1v) is 7.49. The number of aryl methyl sites for hydroxylation is 1. The first-order valence-electron chi connectivity index (χ1n) is 5.88. The average Bonchev–Trinajstić information content (AvgIpc) is 2.72. The van der Waals surface area contributed by atoms with Crippen LogP contribution < -0.4 is 5.32 Å². The van der Waals surface area contributed by atoms with Crippen molar-refractivity contribution in [2.45, 2.75) is 33.4 Å². The van der Waals surface area contributed by atoms with Crippen molar-refractivity contribution in [2.24, 2.45) is 0 Å². The Morgan fingerprint density at radius 2 is 2.11 bits per heavy atom. The number of thiophene rings is 1. The first-order chi connectivity index (χ1) is 8.54. The normalized spacial score (nSPS) is 11.2. The standard InChI is InChI=1S/C13H16BrN3S/c1-8(2)15-7-13-16-9(3)6-10(17-13)11-4-5-12(14)18-11/h4-6,8,15H,7H2,1-3H3. The smallest absolute Gasteiger partial charge is 0.143 e. The lowest BCUT2D eigenvalue weighted by Crippen LogP contribution is -2.23. The van der Waals surface area contributed by atoms with Gasteiger partial charge in [-0.05, 0) is 41.1 Å². The Bertz CT molecular complexity index is 537. The molecule has 2 rings (SSSR count). The van der Waals surface area contributed by atoms with E-state index in [1.165, 1.54) is 0 Å². The number of aromatic nitrogens is 2. The van der Waals surface area contributed by atoms with Gasteiger partial charge >= 0.3 is 0 Å². The maximum absolute atomic E-state index is 4.61. The quantitative estimate of drug-likeness (QED) is 0.929. The van der Waals surface area contributed by atoms with E-state index in [0.29, 0.717) is 12.6 Å². The van der Waals surface area contributed by atoms with E-state index in [1.807, 2.05) is 19.1 Å². The number of hydrogen-bond acceptors (Lipinski definition) is 4. The van der Waals surface area contributed by atoms with Crippen molar-refractivity contribution in [3.63, 3.8) is 0 Å². The Balaban J connectivity index is 2.26. The highest BCUT2D eigenvalue weighted by Crippen LogP contribution is 2.30. The zero-order chi connectivity index (χ0) is 13.1. The maximum Gasteiger partial charge on any atom is 0.143 e. The second-order valence-electron chi connectivity index (χ2n) is 4.45. The van der Waals surface area contributed by atoms with Crippen molar-refractivity contribution in [1.29, 1.82) is 0 Å². The fraction of sp³-hybridized carbons (Fsp3) is 0.385. The third kappa shape index (κ3) is 3.60. The van der Waals surface area contributed by atoms with Crippen molar-refractivity contribution in [1.82, 2.24) is 15.3 Å². The molecule has 0 unspecified atom stereocenters. The Hall–Kier alpha value is -0.780. The Morgan fingerprint density at radius 1 is 1.33 bits per heavy atom. The van der Waals surface area contributed by atoms with Gasteiger partial charge in [0.1, 0.15) is 5.82 Å². The SMILES string of the molecule is Cc1cc(-c2ccc(Br)s2)nc(CNC(C)C)n1. The monoisotopic (exact) mass is 325 g/mol. The third-order valence-electron chi connectivity index (χ3n) is 2.39. The molecule has 3 nitrogen and oxygen atoms in total. The molecule has 2 heterocycles. The fourth-order valence-corrected chi connectivity index (χ4v) is 2.93. The lowest BCUT2D eigenvalue weighted by Gasteiger charge is -2.08. The van der Waals surface area contributed by atoms with Crippen LogP contribution in [0.4, 0.5) is 0 Å². The molecule has 0 aromatic carbocycles. The molecular formula is C13H16BrN3S. The van der Waals surface area contributed by atoms with E-state index < -0.39 is 0 Å². The molecule has 0 saturated heterocycles. The molecule has 2 aromatic rings. The van der Waals surface area contributed by atoms with Gasteiger partial charge in [-0.3, -0.25) is 0 Å². The van der Waals surface area contributed by atoms with Crippen LogP contribution >= 0.6 is 27.3 Å². The number of hydrogen-bond donors (Lipinski definition) is 1. The molecule has 0 aliphatic carbocycles. The number of nitrogens with zero attached hydrogens (tertiary/aromatic N) is 2. The summed E-state index contributed by atoms with van der Waals surface area (Å²) in [5, 5.41) is 3.34. The van der Waals surface area contributed by atoms with Crippen molar-refractivity contribution < 1.29 is 0 Å². The summed E-state index contributed by atoms with van der Waals surface area (Å²) in [4.78, 5) is 10.2. The van der Waals surface area contributed by atoms with Gasteiger partial charge in [0.2, 0.25) is 0 Å². The fourth-order valence-electron chi connectivity index (χ4n) is 1.58. The first kappa shape index (κ1) is 13.6. The van der Waals surface area contributed by atoms with E-state index in [-0.39, 0.29) is 0 Å². The Morgan fingerprint density at radius 3 is 2.72 bits per heavy atom. The average molecular weight is 326 g/mol. The van der Waals surface area contributed by atoms with Crippen LogP contribution in [0.1, 0.15) is 25.4 Å². The second-order valence-corrected chi connectivity index (χ2v) is 6.91. The van der Waals surface area contributed by atoms with Crippen LogP contribution in [0.25, 0.3) is 10.6 Å². The van der Waals surface area contributed by atoms with Crippen LogP contribution in [0.3, 0.4) is 0 Å². The predicted molar refractivity (Wildman–Crippen MR) is 79.8 cm³/mol. The highest BCUT2D eigenvalue weighted by atomic mass is 79.9. The summed E-state index contributed by atoms with van der Waals surface area (Å²) in [7, 11) is 0. The zero-order valence-corrected chi connectivity index (χ0v) is 13.1. The highest BCUT2D eigenvalue weighted by Gasteiger charge is 2.07. The molecule has 5 heteroatoms. The van der Waals surface area contributed by atoms with E-state index in [1.54, 1.807) is 11.3 Å². The molecule has 0 bridgehead atoms. The van der Waals surface area contributed by atoms with Gasteiger partial charge in [0.15, 0.2) is 0 Å². The van der Waals surface area contributed by atoms with Crippen molar-refractivity contribution >= 4 is 27.3 Å². The minimum Gasteiger partial charge on any atom is -0.308 e. The number of halogens is 1. The van der Waals surface area contributed by atoms with E-state index >= 15 is 0 Å². The van der Waals surface area contributed by atoms with Gasteiger partial charge in [0.05, 0.1) is 20.9 Å². The molecule has 1 N–H and O–H groups in total. The summed E-state index contributed by atoms with van der Waals surface area (Å²) in [6, 6.07) is 6.59. The van der Waals surface area contributed by atoms with Crippen LogP contribution in [-0.4, -0.2) is 16.0 Å². The van der Waals surface area contributed by atoms with E-state index in [2.05, 4.69) is 51.1 Å². The second kappa shape index (κ2) is 5.91. The van der Waals surface area contributed by atoms with Gasteiger partial charge in [-0.1, -0.05) is 13.8 Å². The minimum atomic E-state index is 0.438. The van der Waals surface area contributed by atoms with E-state index in [9.17, 15) is 0 Å². The number of rotatable bonds is 4. The van der Waals surface area contributed by atoms with Gasteiger partial charge in [-0.15, -0.1) is 11.3 Å². The van der Waals surface area contributed by atoms with Crippen LogP contribution in [0.15, 0.2) is 22.0 Å². The molecular weight excluding hydrogens is 310 g/mol. The topological polar surface area (TPSA) is 37.8 Å². The summed E-state index contributed by atoms with van der Waals surface area (Å²) < 4.78 is 1.12. The van der Waals surface area contributed by atoms with Gasteiger partial charge < -0.3 is 5.32 Å². The molecule has 0 radical (unpaired) electrons. The molecule has 0 atom stereocenters. The van der Waals surface area contributed by atoms with Crippen molar-refractivity contribution in [2.75, 3.05) is 0 Å². The summed E-state index contributed by atoms with van der Waals surface area (Å²) in [6.45, 7) is 6.95. The summed E-state index contributed by atoms with van der Waals surface area (Å²) in [6.07, 6.45) is 0. The molecule has 0 aliphatic heterocycles. The van der Waals surface area contributed by atoms with Crippen LogP contribution in [0, 0.1) is 6.92 Å². The molecule has 0 amide bonds. The maximum atomic E-state index is 4.61. The minimum absolute atomic E-state index is 0.438. The molecule has 0 fully saturated rings. The van der Waals surface area contributed by atoms with Gasteiger partial charge in [0, 0.05) is 11.7 Å². The van der Waals surface area contributed by atoms with Crippen LogP contribution in [0.2, 0.25) is 0 Å². The third-order valence-corrected chi connectivity index (χ3v) is 4.04. The van der Waals surface area contributed by atoms with Crippen molar-refractivity contribution in [3.8, 4) is 10.6 Å².